The van der Waals surface area contributed by atoms with Crippen LogP contribution in [0.25, 0.3) is 0 Å². The van der Waals surface area contributed by atoms with Crippen molar-refractivity contribution in [2.45, 2.75) is 26.7 Å². The fraction of sp³-hybridized carbons (Fsp3) is 0.500. The van der Waals surface area contributed by atoms with Crippen LogP contribution in [0.15, 0.2) is 18.2 Å². The summed E-state index contributed by atoms with van der Waals surface area (Å²) in [5.41, 5.74) is 1.64. The predicted molar refractivity (Wildman–Crippen MR) is 77.0 cm³/mol. The number of carbonyl (C=O) groups is 2. The molecule has 1 aliphatic heterocycles. The lowest BCUT2D eigenvalue weighted by atomic mass is 9.93. The van der Waals surface area contributed by atoms with Gasteiger partial charge in [0.05, 0.1) is 7.11 Å². The van der Waals surface area contributed by atoms with Gasteiger partial charge in [-0.25, -0.2) is 0 Å². The zero-order chi connectivity index (χ0) is 14.7. The number of Topliss-reactive ketones (excluding diaryl/α,β-unsaturated/α-hetero) is 1. The number of piperidine rings is 1. The summed E-state index contributed by atoms with van der Waals surface area (Å²) in [5, 5.41) is 0. The number of ketones is 1. The van der Waals surface area contributed by atoms with E-state index >= 15 is 0 Å². The number of benzene rings is 1. The number of carbonyl (C=O) groups excluding carboxylic acids is 2. The second-order valence-electron chi connectivity index (χ2n) is 5.36. The molecule has 1 aromatic carbocycles. The molecule has 108 valence electrons. The fourth-order valence-electron chi connectivity index (χ4n) is 2.68. The van der Waals surface area contributed by atoms with Gasteiger partial charge in [0, 0.05) is 24.6 Å². The minimum Gasteiger partial charge on any atom is -0.496 e. The number of ether oxygens (including phenoxy) is 1. The van der Waals surface area contributed by atoms with E-state index in [0.717, 1.165) is 24.2 Å². The molecule has 1 fully saturated rings. The van der Waals surface area contributed by atoms with Gasteiger partial charge in [0.2, 0.25) is 0 Å². The van der Waals surface area contributed by atoms with Crippen molar-refractivity contribution in [3.8, 4) is 5.75 Å². The number of amides is 1. The second kappa shape index (κ2) is 6.07. The first-order valence-corrected chi connectivity index (χ1v) is 6.97. The summed E-state index contributed by atoms with van der Waals surface area (Å²) in [4.78, 5) is 25.6. The molecular formula is C16H21NO3. The molecule has 20 heavy (non-hydrogen) atoms. The maximum absolute atomic E-state index is 12.4. The molecule has 0 spiro atoms. The SMILES string of the molecule is COc1ccc(C(=O)N2CCC(C(C)=O)CC2)cc1C. The summed E-state index contributed by atoms with van der Waals surface area (Å²) in [6.45, 7) is 4.88. The number of methoxy groups -OCH3 is 1. The van der Waals surface area contributed by atoms with E-state index in [2.05, 4.69) is 0 Å². The van der Waals surface area contributed by atoms with Crippen LogP contribution in [0.1, 0.15) is 35.7 Å². The zero-order valence-corrected chi connectivity index (χ0v) is 12.3. The molecule has 1 saturated heterocycles. The first-order chi connectivity index (χ1) is 9.52. The highest BCUT2D eigenvalue weighted by molar-refractivity contribution is 5.94. The highest BCUT2D eigenvalue weighted by Gasteiger charge is 2.25. The standard InChI is InChI=1S/C16H21NO3/c1-11-10-14(4-5-15(11)20-3)16(19)17-8-6-13(7-9-17)12(2)18/h4-5,10,13H,6-9H2,1-3H3. The average Bonchev–Trinajstić information content (AvgIpc) is 2.46. The van der Waals surface area contributed by atoms with Crippen LogP contribution < -0.4 is 4.74 Å². The fourth-order valence-corrected chi connectivity index (χ4v) is 2.68. The van der Waals surface area contributed by atoms with Crippen molar-refractivity contribution in [1.29, 1.82) is 0 Å². The van der Waals surface area contributed by atoms with Gasteiger partial charge in [-0.1, -0.05) is 0 Å². The van der Waals surface area contributed by atoms with Crippen molar-refractivity contribution >= 4 is 11.7 Å². The number of likely N-dealkylation sites (tertiary alicyclic amines) is 1. The minimum absolute atomic E-state index is 0.0396. The maximum atomic E-state index is 12.4. The van der Waals surface area contributed by atoms with Gasteiger partial charge in [0.1, 0.15) is 11.5 Å². The van der Waals surface area contributed by atoms with E-state index in [0.29, 0.717) is 18.7 Å². The Balaban J connectivity index is 2.05. The number of aryl methyl sites for hydroxylation is 1. The molecule has 1 aliphatic rings. The van der Waals surface area contributed by atoms with Gasteiger partial charge in [-0.15, -0.1) is 0 Å². The third-order valence-corrected chi connectivity index (χ3v) is 4.00. The maximum Gasteiger partial charge on any atom is 0.253 e. The molecule has 1 amide bonds. The third kappa shape index (κ3) is 3.00. The van der Waals surface area contributed by atoms with Crippen molar-refractivity contribution < 1.29 is 14.3 Å². The monoisotopic (exact) mass is 275 g/mol. The molecule has 4 nitrogen and oxygen atoms in total. The molecule has 0 radical (unpaired) electrons. The number of hydrogen-bond donors (Lipinski definition) is 0. The Morgan fingerprint density at radius 2 is 1.90 bits per heavy atom. The van der Waals surface area contributed by atoms with Gasteiger partial charge < -0.3 is 9.64 Å². The lowest BCUT2D eigenvalue weighted by Gasteiger charge is -2.31. The van der Waals surface area contributed by atoms with Crippen LogP contribution in [0.3, 0.4) is 0 Å². The third-order valence-electron chi connectivity index (χ3n) is 4.00. The number of hydrogen-bond acceptors (Lipinski definition) is 3. The van der Waals surface area contributed by atoms with Crippen LogP contribution in [0.2, 0.25) is 0 Å². The van der Waals surface area contributed by atoms with Gasteiger partial charge >= 0.3 is 0 Å². The largest absolute Gasteiger partial charge is 0.496 e. The summed E-state index contributed by atoms with van der Waals surface area (Å²) in [7, 11) is 1.62. The summed E-state index contributed by atoms with van der Waals surface area (Å²) in [5.74, 6) is 1.18. The molecule has 0 N–H and O–H groups in total. The highest BCUT2D eigenvalue weighted by atomic mass is 16.5. The van der Waals surface area contributed by atoms with E-state index < -0.39 is 0 Å². The zero-order valence-electron chi connectivity index (χ0n) is 12.3. The second-order valence-corrected chi connectivity index (χ2v) is 5.36. The Labute approximate surface area is 119 Å². The van der Waals surface area contributed by atoms with Gasteiger partial charge in [0.25, 0.3) is 5.91 Å². The highest BCUT2D eigenvalue weighted by Crippen LogP contribution is 2.22. The van der Waals surface area contributed by atoms with Crippen molar-refractivity contribution in [2.24, 2.45) is 5.92 Å². The summed E-state index contributed by atoms with van der Waals surface area (Å²) < 4.78 is 5.20. The van der Waals surface area contributed by atoms with Gasteiger partial charge in [-0.05, 0) is 50.5 Å². The smallest absolute Gasteiger partial charge is 0.253 e. The van der Waals surface area contributed by atoms with Crippen molar-refractivity contribution in [3.63, 3.8) is 0 Å². The van der Waals surface area contributed by atoms with E-state index in [1.807, 2.05) is 24.0 Å². The Kier molecular flexibility index (Phi) is 4.42. The predicted octanol–water partition coefficient (Wildman–Crippen LogP) is 2.44. The molecule has 1 aromatic rings. The molecule has 0 aromatic heterocycles. The Morgan fingerprint density at radius 3 is 2.40 bits per heavy atom. The van der Waals surface area contributed by atoms with E-state index in [1.165, 1.54) is 0 Å². The van der Waals surface area contributed by atoms with Gasteiger partial charge in [0.15, 0.2) is 0 Å². The van der Waals surface area contributed by atoms with Crippen molar-refractivity contribution in [1.82, 2.24) is 4.90 Å². The van der Waals surface area contributed by atoms with Crippen molar-refractivity contribution in [3.05, 3.63) is 29.3 Å². The molecule has 1 heterocycles. The quantitative estimate of drug-likeness (QED) is 0.851. The summed E-state index contributed by atoms with van der Waals surface area (Å²) in [6, 6.07) is 5.48. The number of nitrogens with zero attached hydrogens (tertiary/aromatic N) is 1. The topological polar surface area (TPSA) is 46.6 Å². The van der Waals surface area contributed by atoms with Crippen LogP contribution in [0.5, 0.6) is 5.75 Å². The van der Waals surface area contributed by atoms with E-state index in [9.17, 15) is 9.59 Å². The lowest BCUT2D eigenvalue weighted by Crippen LogP contribution is -2.39. The molecule has 4 heteroatoms. The van der Waals surface area contributed by atoms with Gasteiger partial charge in [-0.3, -0.25) is 9.59 Å². The van der Waals surface area contributed by atoms with Crippen molar-refractivity contribution in [2.75, 3.05) is 20.2 Å². The van der Waals surface area contributed by atoms with E-state index in [1.54, 1.807) is 20.1 Å². The first-order valence-electron chi connectivity index (χ1n) is 6.97. The van der Waals surface area contributed by atoms with Crippen LogP contribution >= 0.6 is 0 Å². The summed E-state index contributed by atoms with van der Waals surface area (Å²) in [6.07, 6.45) is 1.55. The first kappa shape index (κ1) is 14.6. The molecule has 0 aliphatic carbocycles. The van der Waals surface area contributed by atoms with E-state index in [4.69, 9.17) is 4.74 Å². The van der Waals surface area contributed by atoms with Crippen LogP contribution in [0.4, 0.5) is 0 Å². The van der Waals surface area contributed by atoms with E-state index in [-0.39, 0.29) is 17.6 Å². The van der Waals surface area contributed by atoms with Crippen LogP contribution in [-0.4, -0.2) is 36.8 Å². The minimum atomic E-state index is 0.0396. The molecule has 0 unspecified atom stereocenters. The molecule has 0 bridgehead atoms. The summed E-state index contributed by atoms with van der Waals surface area (Å²) >= 11 is 0. The molecule has 0 saturated carbocycles. The molecule has 2 rings (SSSR count). The Morgan fingerprint density at radius 1 is 1.25 bits per heavy atom. The molecule has 0 atom stereocenters. The Hall–Kier alpha value is -1.84. The molecular weight excluding hydrogens is 254 g/mol. The Bertz CT molecular complexity index is 516. The lowest BCUT2D eigenvalue weighted by molar-refractivity contribution is -0.121. The van der Waals surface area contributed by atoms with Crippen LogP contribution in [-0.2, 0) is 4.79 Å². The number of rotatable bonds is 3. The average molecular weight is 275 g/mol. The van der Waals surface area contributed by atoms with Gasteiger partial charge in [-0.2, -0.15) is 0 Å². The van der Waals surface area contributed by atoms with Crippen LogP contribution in [0, 0.1) is 12.8 Å². The normalized spacial score (nSPS) is 16.1.